The number of nitrogens with zero attached hydrogens (tertiary/aromatic N) is 1. The zero-order chi connectivity index (χ0) is 14.0. The van der Waals surface area contributed by atoms with Gasteiger partial charge in [0.05, 0.1) is 11.6 Å². The number of fused-ring (bicyclic) bond motifs is 1. The topological polar surface area (TPSA) is 83.6 Å². The van der Waals surface area contributed by atoms with Crippen LogP contribution in [0.25, 0.3) is 0 Å². The van der Waals surface area contributed by atoms with Gasteiger partial charge >= 0.3 is 5.97 Å². The van der Waals surface area contributed by atoms with Crippen LogP contribution in [0, 0.1) is 0 Å². The lowest BCUT2D eigenvalue weighted by Gasteiger charge is -2.21. The normalized spacial score (nSPS) is 15.2. The molecule has 0 aliphatic carbocycles. The average molecular weight is 262 g/mol. The van der Waals surface area contributed by atoms with E-state index in [-0.39, 0.29) is 11.5 Å². The lowest BCUT2D eigenvalue weighted by molar-refractivity contribution is -0.119. The number of carbonyl (C=O) groups excluding carboxylic acids is 1. The van der Waals surface area contributed by atoms with Crippen molar-refractivity contribution < 1.29 is 14.7 Å². The van der Waals surface area contributed by atoms with Gasteiger partial charge in [-0.15, -0.1) is 0 Å². The van der Waals surface area contributed by atoms with Crippen LogP contribution in [0.3, 0.4) is 0 Å². The highest BCUT2D eigenvalue weighted by molar-refractivity contribution is 6.00. The summed E-state index contributed by atoms with van der Waals surface area (Å²) in [6.07, 6.45) is 2.24. The van der Waals surface area contributed by atoms with Crippen LogP contribution in [0.1, 0.15) is 35.7 Å². The summed E-state index contributed by atoms with van der Waals surface area (Å²) in [5.41, 5.74) is 7.74. The number of amides is 1. The molecule has 0 fully saturated rings. The number of carboxylic acids is 1. The fraction of sp³-hybridized carbons (Fsp3) is 0.429. The van der Waals surface area contributed by atoms with Gasteiger partial charge in [-0.3, -0.25) is 4.79 Å². The summed E-state index contributed by atoms with van der Waals surface area (Å²) in [6, 6.07) is 4.39. The minimum atomic E-state index is -0.986. The first kappa shape index (κ1) is 13.5. The lowest BCUT2D eigenvalue weighted by atomic mass is 10.1. The van der Waals surface area contributed by atoms with E-state index in [0.717, 1.165) is 18.4 Å². The molecular formula is C14H18N2O3. The van der Waals surface area contributed by atoms with Gasteiger partial charge in [0.2, 0.25) is 5.91 Å². The van der Waals surface area contributed by atoms with Crippen molar-refractivity contribution in [2.24, 2.45) is 5.73 Å². The van der Waals surface area contributed by atoms with Gasteiger partial charge in [0.25, 0.3) is 0 Å². The Morgan fingerprint density at radius 1 is 1.47 bits per heavy atom. The lowest BCUT2D eigenvalue weighted by Crippen LogP contribution is -2.43. The number of hydrogen-bond acceptors (Lipinski definition) is 3. The molecule has 2 rings (SSSR count). The van der Waals surface area contributed by atoms with E-state index in [1.54, 1.807) is 23.1 Å². The van der Waals surface area contributed by atoms with Gasteiger partial charge in [0.1, 0.15) is 0 Å². The molecule has 1 aromatic rings. The summed E-state index contributed by atoms with van der Waals surface area (Å²) in [5.74, 6) is -1.11. The summed E-state index contributed by atoms with van der Waals surface area (Å²) in [4.78, 5) is 24.8. The Labute approximate surface area is 112 Å². The zero-order valence-electron chi connectivity index (χ0n) is 10.9. The molecule has 0 saturated carbocycles. The Hall–Kier alpha value is -1.88. The summed E-state index contributed by atoms with van der Waals surface area (Å²) >= 11 is 0. The highest BCUT2D eigenvalue weighted by Gasteiger charge is 2.28. The SMILES string of the molecule is CCCC(N)C(=O)N1CCc2ccc(C(=O)O)cc21. The fourth-order valence-corrected chi connectivity index (χ4v) is 2.38. The molecule has 1 heterocycles. The third kappa shape index (κ3) is 2.61. The molecule has 0 spiro atoms. The van der Waals surface area contributed by atoms with E-state index >= 15 is 0 Å². The molecule has 0 bridgehead atoms. The van der Waals surface area contributed by atoms with E-state index in [0.29, 0.717) is 18.7 Å². The Balaban J connectivity index is 2.27. The van der Waals surface area contributed by atoms with E-state index in [9.17, 15) is 9.59 Å². The molecule has 5 nitrogen and oxygen atoms in total. The number of aromatic carboxylic acids is 1. The van der Waals surface area contributed by atoms with Crippen molar-refractivity contribution in [3.05, 3.63) is 29.3 Å². The predicted octanol–water partition coefficient (Wildman–Crippen LogP) is 1.40. The zero-order valence-corrected chi connectivity index (χ0v) is 10.9. The third-order valence-electron chi connectivity index (χ3n) is 3.41. The van der Waals surface area contributed by atoms with E-state index in [1.165, 1.54) is 0 Å². The molecule has 1 aliphatic heterocycles. The van der Waals surface area contributed by atoms with Crippen LogP contribution in [0.15, 0.2) is 18.2 Å². The van der Waals surface area contributed by atoms with Crippen LogP contribution in [0.4, 0.5) is 5.69 Å². The smallest absolute Gasteiger partial charge is 0.335 e. The second-order valence-electron chi connectivity index (χ2n) is 4.78. The molecule has 0 radical (unpaired) electrons. The maximum atomic E-state index is 12.2. The largest absolute Gasteiger partial charge is 0.478 e. The highest BCUT2D eigenvalue weighted by Crippen LogP contribution is 2.29. The predicted molar refractivity (Wildman–Crippen MR) is 72.3 cm³/mol. The summed E-state index contributed by atoms with van der Waals surface area (Å²) in [5, 5.41) is 9.01. The van der Waals surface area contributed by atoms with Crippen molar-refractivity contribution in [3.8, 4) is 0 Å². The van der Waals surface area contributed by atoms with E-state index in [2.05, 4.69) is 0 Å². The van der Waals surface area contributed by atoms with E-state index < -0.39 is 12.0 Å². The van der Waals surface area contributed by atoms with Gasteiger partial charge in [-0.2, -0.15) is 0 Å². The van der Waals surface area contributed by atoms with Gasteiger partial charge in [-0.1, -0.05) is 19.4 Å². The molecule has 1 unspecified atom stereocenters. The van der Waals surface area contributed by atoms with Crippen LogP contribution < -0.4 is 10.6 Å². The molecule has 1 aliphatic rings. The molecular weight excluding hydrogens is 244 g/mol. The molecule has 5 heteroatoms. The van der Waals surface area contributed by atoms with Crippen LogP contribution in [-0.4, -0.2) is 29.6 Å². The van der Waals surface area contributed by atoms with Crippen molar-refractivity contribution >= 4 is 17.6 Å². The molecule has 0 saturated heterocycles. The number of carboxylic acid groups (broad SMARTS) is 1. The van der Waals surface area contributed by atoms with Crippen LogP contribution in [-0.2, 0) is 11.2 Å². The number of rotatable bonds is 4. The van der Waals surface area contributed by atoms with E-state index in [4.69, 9.17) is 10.8 Å². The average Bonchev–Trinajstić information content (AvgIpc) is 2.80. The first-order valence-electron chi connectivity index (χ1n) is 6.47. The van der Waals surface area contributed by atoms with Crippen molar-refractivity contribution in [3.63, 3.8) is 0 Å². The van der Waals surface area contributed by atoms with Crippen LogP contribution in [0.2, 0.25) is 0 Å². The number of carbonyl (C=O) groups is 2. The first-order chi connectivity index (χ1) is 9.04. The first-order valence-corrected chi connectivity index (χ1v) is 6.47. The minimum absolute atomic E-state index is 0.122. The molecule has 102 valence electrons. The maximum Gasteiger partial charge on any atom is 0.335 e. The van der Waals surface area contributed by atoms with Crippen molar-refractivity contribution in [1.82, 2.24) is 0 Å². The molecule has 3 N–H and O–H groups in total. The Kier molecular flexibility index (Phi) is 3.85. The Morgan fingerprint density at radius 2 is 2.21 bits per heavy atom. The molecule has 1 atom stereocenters. The summed E-state index contributed by atoms with van der Waals surface area (Å²) in [7, 11) is 0. The van der Waals surface area contributed by atoms with Crippen molar-refractivity contribution in [2.45, 2.75) is 32.2 Å². The van der Waals surface area contributed by atoms with Gasteiger partial charge in [0.15, 0.2) is 0 Å². The maximum absolute atomic E-state index is 12.2. The second-order valence-corrected chi connectivity index (χ2v) is 4.78. The van der Waals surface area contributed by atoms with Gasteiger partial charge in [-0.25, -0.2) is 4.79 Å². The standard InChI is InChI=1S/C14H18N2O3/c1-2-3-11(15)13(17)16-7-6-9-4-5-10(14(18)19)8-12(9)16/h4-5,8,11H,2-3,6-7,15H2,1H3,(H,18,19). The minimum Gasteiger partial charge on any atom is -0.478 e. The molecule has 1 aromatic carbocycles. The fourth-order valence-electron chi connectivity index (χ4n) is 2.38. The monoisotopic (exact) mass is 262 g/mol. The number of nitrogens with two attached hydrogens (primary N) is 1. The highest BCUT2D eigenvalue weighted by atomic mass is 16.4. The van der Waals surface area contributed by atoms with Gasteiger partial charge in [0, 0.05) is 12.2 Å². The van der Waals surface area contributed by atoms with Gasteiger partial charge < -0.3 is 15.7 Å². The third-order valence-corrected chi connectivity index (χ3v) is 3.41. The number of anilines is 1. The Bertz CT molecular complexity index is 513. The molecule has 1 amide bonds. The summed E-state index contributed by atoms with van der Waals surface area (Å²) in [6.45, 7) is 2.56. The van der Waals surface area contributed by atoms with E-state index in [1.807, 2.05) is 6.92 Å². The van der Waals surface area contributed by atoms with Gasteiger partial charge in [-0.05, 0) is 30.5 Å². The quantitative estimate of drug-likeness (QED) is 0.859. The Morgan fingerprint density at radius 3 is 2.84 bits per heavy atom. The van der Waals surface area contributed by atoms with Crippen molar-refractivity contribution in [2.75, 3.05) is 11.4 Å². The number of benzene rings is 1. The van der Waals surface area contributed by atoms with Crippen LogP contribution >= 0.6 is 0 Å². The number of hydrogen-bond donors (Lipinski definition) is 2. The second kappa shape index (κ2) is 5.40. The van der Waals surface area contributed by atoms with Crippen molar-refractivity contribution in [1.29, 1.82) is 0 Å². The van der Waals surface area contributed by atoms with Crippen LogP contribution in [0.5, 0.6) is 0 Å². The molecule has 19 heavy (non-hydrogen) atoms. The summed E-state index contributed by atoms with van der Waals surface area (Å²) < 4.78 is 0. The molecule has 0 aromatic heterocycles.